The minimum absolute atomic E-state index is 0.143. The van der Waals surface area contributed by atoms with E-state index in [0.29, 0.717) is 34.6 Å². The summed E-state index contributed by atoms with van der Waals surface area (Å²) in [6, 6.07) is 17.2. The van der Waals surface area contributed by atoms with Gasteiger partial charge in [-0.15, -0.1) is 0 Å². The molecule has 174 valence electrons. The highest BCUT2D eigenvalue weighted by atomic mass is 127. The number of carbonyl (C=O) groups excluding carboxylic acids is 1. The highest BCUT2D eigenvalue weighted by molar-refractivity contribution is 14.1. The molecule has 0 radical (unpaired) electrons. The van der Waals surface area contributed by atoms with Gasteiger partial charge in [-0.1, -0.05) is 59.8 Å². The minimum atomic E-state index is -0.504. The maximum atomic E-state index is 14.3. The molecular formula is C25H18ClFINO3S2. The Kier molecular flexibility index (Phi) is 8.13. The first-order valence-electron chi connectivity index (χ1n) is 10.2. The molecular weight excluding hydrogens is 608 g/mol. The first-order chi connectivity index (χ1) is 16.4. The molecule has 1 saturated heterocycles. The van der Waals surface area contributed by atoms with Crippen LogP contribution < -0.4 is 14.4 Å². The van der Waals surface area contributed by atoms with Crippen LogP contribution in [0, 0.1) is 9.39 Å². The molecule has 0 N–H and O–H groups in total. The van der Waals surface area contributed by atoms with Gasteiger partial charge in [-0.25, -0.2) is 4.39 Å². The molecule has 34 heavy (non-hydrogen) atoms. The zero-order chi connectivity index (χ0) is 24.2. The Morgan fingerprint density at radius 1 is 1.15 bits per heavy atom. The molecule has 4 rings (SSSR count). The molecule has 3 aromatic carbocycles. The van der Waals surface area contributed by atoms with Crippen molar-refractivity contribution in [2.45, 2.75) is 13.5 Å². The van der Waals surface area contributed by atoms with Crippen LogP contribution in [0.2, 0.25) is 5.02 Å². The average Bonchev–Trinajstić information content (AvgIpc) is 3.07. The van der Waals surface area contributed by atoms with Gasteiger partial charge in [0.2, 0.25) is 0 Å². The number of hydrogen-bond donors (Lipinski definition) is 0. The zero-order valence-electron chi connectivity index (χ0n) is 17.9. The van der Waals surface area contributed by atoms with E-state index in [-0.39, 0.29) is 15.9 Å². The van der Waals surface area contributed by atoms with Crippen LogP contribution in [0.25, 0.3) is 6.08 Å². The van der Waals surface area contributed by atoms with E-state index in [1.807, 2.05) is 43.3 Å². The summed E-state index contributed by atoms with van der Waals surface area (Å²) in [5.41, 5.74) is 1.87. The van der Waals surface area contributed by atoms with E-state index < -0.39 is 5.82 Å². The molecule has 0 saturated carbocycles. The first-order valence-corrected chi connectivity index (χ1v) is 12.9. The number of benzene rings is 3. The Hall–Kier alpha value is -2.14. The standard InChI is InChI=1S/C25H18ClFINO3S2/c1-2-31-21-12-16(11-19(28)23(21)32-14-15-7-9-17(26)10-8-15)13-22-24(30)29(25(33)34-22)20-6-4-3-5-18(20)27/h3-13H,2,14H2,1H3/b22-13-. The van der Waals surface area contributed by atoms with Crippen LogP contribution in [0.1, 0.15) is 18.1 Å². The Bertz CT molecular complexity index is 1280. The normalized spacial score (nSPS) is 14.7. The van der Waals surface area contributed by atoms with Gasteiger partial charge in [0, 0.05) is 5.02 Å². The van der Waals surface area contributed by atoms with E-state index in [1.165, 1.54) is 17.0 Å². The number of carbonyl (C=O) groups is 1. The Morgan fingerprint density at radius 2 is 1.88 bits per heavy atom. The van der Waals surface area contributed by atoms with Crippen molar-refractivity contribution in [1.82, 2.24) is 0 Å². The van der Waals surface area contributed by atoms with Crippen molar-refractivity contribution in [2.75, 3.05) is 11.5 Å². The lowest BCUT2D eigenvalue weighted by Crippen LogP contribution is -2.28. The van der Waals surface area contributed by atoms with Crippen molar-refractivity contribution < 1.29 is 18.7 Å². The largest absolute Gasteiger partial charge is 0.490 e. The van der Waals surface area contributed by atoms with Gasteiger partial charge < -0.3 is 9.47 Å². The zero-order valence-corrected chi connectivity index (χ0v) is 22.4. The summed E-state index contributed by atoms with van der Waals surface area (Å²) in [6.45, 7) is 2.70. The number of rotatable bonds is 7. The number of anilines is 1. The van der Waals surface area contributed by atoms with Crippen LogP contribution in [-0.4, -0.2) is 16.8 Å². The third-order valence-corrected chi connectivity index (χ3v) is 7.17. The molecule has 0 unspecified atom stereocenters. The Labute approximate surface area is 225 Å². The van der Waals surface area contributed by atoms with E-state index in [2.05, 4.69) is 22.6 Å². The van der Waals surface area contributed by atoms with Crippen molar-refractivity contribution in [3.8, 4) is 11.5 Å². The second kappa shape index (κ2) is 11.1. The lowest BCUT2D eigenvalue weighted by atomic mass is 10.1. The summed E-state index contributed by atoms with van der Waals surface area (Å²) >= 11 is 14.6. The number of ether oxygens (including phenoxy) is 2. The van der Waals surface area contributed by atoms with Crippen molar-refractivity contribution in [2.24, 2.45) is 0 Å². The minimum Gasteiger partial charge on any atom is -0.490 e. The van der Waals surface area contributed by atoms with Gasteiger partial charge in [0.1, 0.15) is 12.4 Å². The summed E-state index contributed by atoms with van der Waals surface area (Å²) in [5, 5.41) is 0.665. The second-order valence-corrected chi connectivity index (χ2v) is 10.4. The molecule has 0 bridgehead atoms. The Balaban J connectivity index is 1.60. The Morgan fingerprint density at radius 3 is 2.59 bits per heavy atom. The van der Waals surface area contributed by atoms with E-state index in [4.69, 9.17) is 33.3 Å². The number of thioether (sulfide) groups is 1. The van der Waals surface area contributed by atoms with Gasteiger partial charge in [0.05, 0.1) is 20.8 Å². The maximum absolute atomic E-state index is 14.3. The highest BCUT2D eigenvalue weighted by Crippen LogP contribution is 2.39. The van der Waals surface area contributed by atoms with Crippen LogP contribution >= 0.6 is 58.2 Å². The number of halogens is 3. The number of hydrogen-bond acceptors (Lipinski definition) is 5. The topological polar surface area (TPSA) is 38.8 Å². The summed E-state index contributed by atoms with van der Waals surface area (Å²) in [7, 11) is 0. The highest BCUT2D eigenvalue weighted by Gasteiger charge is 2.34. The summed E-state index contributed by atoms with van der Waals surface area (Å²) < 4.78 is 27.3. The van der Waals surface area contributed by atoms with Gasteiger partial charge in [-0.3, -0.25) is 9.69 Å². The predicted molar refractivity (Wildman–Crippen MR) is 148 cm³/mol. The third-order valence-electron chi connectivity index (χ3n) is 4.81. The summed E-state index contributed by atoms with van der Waals surface area (Å²) in [5.74, 6) is 0.319. The van der Waals surface area contributed by atoms with Crippen molar-refractivity contribution >= 4 is 80.2 Å². The monoisotopic (exact) mass is 625 g/mol. The van der Waals surface area contributed by atoms with E-state index >= 15 is 0 Å². The van der Waals surface area contributed by atoms with Crippen LogP contribution in [0.15, 0.2) is 65.6 Å². The first kappa shape index (κ1) is 25.0. The SMILES string of the molecule is CCOc1cc(/C=C2\SC(=S)N(c3ccccc3F)C2=O)cc(I)c1OCc1ccc(Cl)cc1. The molecule has 9 heteroatoms. The quantitative estimate of drug-likeness (QED) is 0.155. The molecule has 4 nitrogen and oxygen atoms in total. The smallest absolute Gasteiger partial charge is 0.270 e. The fraction of sp³-hybridized carbons (Fsp3) is 0.120. The number of amides is 1. The van der Waals surface area contributed by atoms with E-state index in [0.717, 1.165) is 26.5 Å². The number of nitrogens with zero attached hydrogens (tertiary/aromatic N) is 1. The van der Waals surface area contributed by atoms with Gasteiger partial charge in [-0.05, 0) is 83.1 Å². The maximum Gasteiger partial charge on any atom is 0.270 e. The van der Waals surface area contributed by atoms with Gasteiger partial charge in [0.25, 0.3) is 5.91 Å². The van der Waals surface area contributed by atoms with Crippen LogP contribution in [-0.2, 0) is 11.4 Å². The van der Waals surface area contributed by atoms with Crippen molar-refractivity contribution in [3.05, 3.63) is 91.1 Å². The molecule has 1 aliphatic heterocycles. The van der Waals surface area contributed by atoms with E-state index in [1.54, 1.807) is 18.2 Å². The fourth-order valence-corrected chi connectivity index (χ4v) is 5.46. The van der Waals surface area contributed by atoms with Gasteiger partial charge >= 0.3 is 0 Å². The van der Waals surface area contributed by atoms with E-state index in [9.17, 15) is 9.18 Å². The molecule has 1 aliphatic rings. The third kappa shape index (κ3) is 5.56. The molecule has 1 heterocycles. The van der Waals surface area contributed by atoms with Crippen LogP contribution in [0.4, 0.5) is 10.1 Å². The second-order valence-electron chi connectivity index (χ2n) is 7.15. The van der Waals surface area contributed by atoms with Crippen molar-refractivity contribution in [1.29, 1.82) is 0 Å². The van der Waals surface area contributed by atoms with Crippen LogP contribution in [0.5, 0.6) is 11.5 Å². The molecule has 3 aromatic rings. The molecule has 1 amide bonds. The fourth-order valence-electron chi connectivity index (χ4n) is 3.27. The molecule has 0 spiro atoms. The average molecular weight is 626 g/mol. The summed E-state index contributed by atoms with van der Waals surface area (Å²) in [6.07, 6.45) is 1.73. The lowest BCUT2D eigenvalue weighted by molar-refractivity contribution is -0.113. The molecule has 0 aromatic heterocycles. The van der Waals surface area contributed by atoms with Gasteiger partial charge in [0.15, 0.2) is 15.8 Å². The van der Waals surface area contributed by atoms with Crippen molar-refractivity contribution in [3.63, 3.8) is 0 Å². The molecule has 0 aliphatic carbocycles. The molecule has 0 atom stereocenters. The molecule has 1 fully saturated rings. The number of para-hydroxylation sites is 1. The summed E-state index contributed by atoms with van der Waals surface area (Å²) in [4.78, 5) is 14.7. The predicted octanol–water partition coefficient (Wildman–Crippen LogP) is 7.47. The van der Waals surface area contributed by atoms with Crippen LogP contribution in [0.3, 0.4) is 0 Å². The number of thiocarbonyl (C=S) groups is 1. The van der Waals surface area contributed by atoms with Gasteiger partial charge in [-0.2, -0.15) is 0 Å². The lowest BCUT2D eigenvalue weighted by Gasteiger charge is -2.15.